The first-order chi connectivity index (χ1) is 13.1. The summed E-state index contributed by atoms with van der Waals surface area (Å²) in [5.74, 6) is 0.0646. The summed E-state index contributed by atoms with van der Waals surface area (Å²) in [6.45, 7) is 1.82. The van der Waals surface area contributed by atoms with Crippen LogP contribution in [0.3, 0.4) is 0 Å². The zero-order valence-corrected chi connectivity index (χ0v) is 16.1. The minimum Gasteiger partial charge on any atom is -0.385 e. The number of hydrogen-bond acceptors (Lipinski definition) is 4. The van der Waals surface area contributed by atoms with Crippen molar-refractivity contribution in [2.24, 2.45) is 5.41 Å². The number of ether oxygens (including phenoxy) is 1. The van der Waals surface area contributed by atoms with Gasteiger partial charge >= 0.3 is 0 Å². The Morgan fingerprint density at radius 2 is 2.04 bits per heavy atom. The van der Waals surface area contributed by atoms with Crippen molar-refractivity contribution in [2.45, 2.75) is 51.5 Å². The van der Waals surface area contributed by atoms with E-state index in [4.69, 9.17) is 4.74 Å². The van der Waals surface area contributed by atoms with E-state index in [0.717, 1.165) is 32.1 Å². The fourth-order valence-corrected chi connectivity index (χ4v) is 4.12. The first-order valence-electron chi connectivity index (χ1n) is 9.83. The molecule has 1 aliphatic rings. The Labute approximate surface area is 159 Å². The molecule has 6 nitrogen and oxygen atoms in total. The largest absolute Gasteiger partial charge is 0.385 e. The SMILES string of the molecule is COCCCNC(=O)CC1(Cn2cnc3ccccc3c2=O)CCCCC1. The molecule has 1 fully saturated rings. The molecule has 0 aliphatic heterocycles. The number of fused-ring (bicyclic) bond motifs is 1. The van der Waals surface area contributed by atoms with Gasteiger partial charge in [-0.2, -0.15) is 0 Å². The van der Waals surface area contributed by atoms with E-state index in [-0.39, 0.29) is 16.9 Å². The summed E-state index contributed by atoms with van der Waals surface area (Å²) in [5.41, 5.74) is 0.524. The van der Waals surface area contributed by atoms with E-state index >= 15 is 0 Å². The Morgan fingerprint density at radius 1 is 1.26 bits per heavy atom. The van der Waals surface area contributed by atoms with Crippen LogP contribution in [0.1, 0.15) is 44.9 Å². The number of rotatable bonds is 8. The van der Waals surface area contributed by atoms with Crippen molar-refractivity contribution in [3.05, 3.63) is 40.9 Å². The van der Waals surface area contributed by atoms with Crippen LogP contribution in [0, 0.1) is 5.41 Å². The molecule has 1 aliphatic carbocycles. The van der Waals surface area contributed by atoms with Crippen molar-refractivity contribution in [3.63, 3.8) is 0 Å². The second-order valence-electron chi connectivity index (χ2n) is 7.63. The molecule has 146 valence electrons. The molecule has 6 heteroatoms. The van der Waals surface area contributed by atoms with E-state index in [2.05, 4.69) is 10.3 Å². The number of carbonyl (C=O) groups excluding carboxylic acids is 1. The Balaban J connectivity index is 1.76. The van der Waals surface area contributed by atoms with Gasteiger partial charge < -0.3 is 10.1 Å². The molecule has 0 bridgehead atoms. The fourth-order valence-electron chi connectivity index (χ4n) is 4.12. The maximum Gasteiger partial charge on any atom is 0.261 e. The fraction of sp³-hybridized carbons (Fsp3) is 0.571. The Bertz CT molecular complexity index is 825. The van der Waals surface area contributed by atoms with Gasteiger partial charge in [-0.1, -0.05) is 31.4 Å². The molecule has 3 rings (SSSR count). The van der Waals surface area contributed by atoms with E-state index < -0.39 is 0 Å². The molecule has 0 atom stereocenters. The second kappa shape index (κ2) is 9.13. The maximum absolute atomic E-state index is 12.9. The number of methoxy groups -OCH3 is 1. The predicted molar refractivity (Wildman–Crippen MR) is 106 cm³/mol. The second-order valence-corrected chi connectivity index (χ2v) is 7.63. The number of aromatic nitrogens is 2. The standard InChI is InChI=1S/C21H29N3O3/c1-27-13-7-12-22-19(25)14-21(10-5-2-6-11-21)15-24-16-23-18-9-4-3-8-17(18)20(24)26/h3-4,8-9,16H,2,5-7,10-15H2,1H3,(H,22,25). The highest BCUT2D eigenvalue weighted by Crippen LogP contribution is 2.40. The van der Waals surface area contributed by atoms with Crippen molar-refractivity contribution in [1.82, 2.24) is 14.9 Å². The van der Waals surface area contributed by atoms with E-state index in [0.29, 0.717) is 37.0 Å². The van der Waals surface area contributed by atoms with Gasteiger partial charge in [0, 0.05) is 33.2 Å². The average molecular weight is 371 g/mol. The van der Waals surface area contributed by atoms with Crippen LogP contribution in [0.15, 0.2) is 35.4 Å². The molecule has 1 saturated carbocycles. The number of carbonyl (C=O) groups is 1. The molecule has 1 aromatic carbocycles. The van der Waals surface area contributed by atoms with Crippen LogP contribution in [0.4, 0.5) is 0 Å². The van der Waals surface area contributed by atoms with Crippen LogP contribution >= 0.6 is 0 Å². The minimum atomic E-state index is -0.169. The normalized spacial score (nSPS) is 16.3. The number of amides is 1. The predicted octanol–water partition coefficient (Wildman–Crippen LogP) is 2.89. The van der Waals surface area contributed by atoms with Gasteiger partial charge in [0.05, 0.1) is 17.2 Å². The molecular weight excluding hydrogens is 342 g/mol. The minimum absolute atomic E-state index is 0.0222. The van der Waals surface area contributed by atoms with Crippen LogP contribution in [0.25, 0.3) is 10.9 Å². The number of para-hydroxylation sites is 1. The number of nitrogens with one attached hydrogen (secondary N) is 1. The smallest absolute Gasteiger partial charge is 0.261 e. The van der Waals surface area contributed by atoms with Gasteiger partial charge in [0.1, 0.15) is 0 Å². The average Bonchev–Trinajstić information content (AvgIpc) is 2.68. The van der Waals surface area contributed by atoms with Crippen LogP contribution in [0.2, 0.25) is 0 Å². The van der Waals surface area contributed by atoms with Crippen molar-refractivity contribution in [3.8, 4) is 0 Å². The van der Waals surface area contributed by atoms with E-state index in [1.54, 1.807) is 18.0 Å². The lowest BCUT2D eigenvalue weighted by Crippen LogP contribution is -2.39. The third kappa shape index (κ3) is 4.95. The van der Waals surface area contributed by atoms with Gasteiger partial charge in [-0.25, -0.2) is 4.98 Å². The Hall–Kier alpha value is -2.21. The maximum atomic E-state index is 12.9. The summed E-state index contributed by atoms with van der Waals surface area (Å²) in [7, 11) is 1.66. The first kappa shape index (κ1) is 19.5. The van der Waals surface area contributed by atoms with Gasteiger partial charge in [0.15, 0.2) is 0 Å². The molecule has 0 spiro atoms. The Kier molecular flexibility index (Phi) is 6.61. The quantitative estimate of drug-likeness (QED) is 0.724. The van der Waals surface area contributed by atoms with E-state index in [1.807, 2.05) is 24.3 Å². The third-order valence-electron chi connectivity index (χ3n) is 5.53. The first-order valence-corrected chi connectivity index (χ1v) is 9.83. The number of benzene rings is 1. The highest BCUT2D eigenvalue weighted by Gasteiger charge is 2.35. The monoisotopic (exact) mass is 371 g/mol. The van der Waals surface area contributed by atoms with Crippen molar-refractivity contribution >= 4 is 16.8 Å². The van der Waals surface area contributed by atoms with Crippen LogP contribution in [0.5, 0.6) is 0 Å². The van der Waals surface area contributed by atoms with Gasteiger partial charge in [0.25, 0.3) is 5.56 Å². The lowest BCUT2D eigenvalue weighted by Gasteiger charge is -2.37. The van der Waals surface area contributed by atoms with Crippen molar-refractivity contribution in [2.75, 3.05) is 20.3 Å². The van der Waals surface area contributed by atoms with Crippen LogP contribution < -0.4 is 10.9 Å². The number of nitrogens with zero attached hydrogens (tertiary/aromatic N) is 2. The van der Waals surface area contributed by atoms with Gasteiger partial charge in [-0.05, 0) is 36.8 Å². The van der Waals surface area contributed by atoms with E-state index in [1.165, 1.54) is 6.42 Å². The zero-order valence-electron chi connectivity index (χ0n) is 16.1. The van der Waals surface area contributed by atoms with Gasteiger partial charge in [0.2, 0.25) is 5.91 Å². The molecule has 1 heterocycles. The molecule has 0 saturated heterocycles. The van der Waals surface area contributed by atoms with Gasteiger partial charge in [-0.3, -0.25) is 14.2 Å². The summed E-state index contributed by atoms with van der Waals surface area (Å²) in [6, 6.07) is 7.41. The summed E-state index contributed by atoms with van der Waals surface area (Å²) >= 11 is 0. The van der Waals surface area contributed by atoms with E-state index in [9.17, 15) is 9.59 Å². The summed E-state index contributed by atoms with van der Waals surface area (Å²) in [6.07, 6.45) is 8.25. The van der Waals surface area contributed by atoms with Crippen molar-refractivity contribution < 1.29 is 9.53 Å². The molecule has 0 radical (unpaired) electrons. The highest BCUT2D eigenvalue weighted by atomic mass is 16.5. The highest BCUT2D eigenvalue weighted by molar-refractivity contribution is 5.77. The molecule has 1 aromatic heterocycles. The molecule has 1 amide bonds. The summed E-state index contributed by atoms with van der Waals surface area (Å²) in [4.78, 5) is 29.8. The zero-order chi connectivity index (χ0) is 19.1. The molecular formula is C21H29N3O3. The Morgan fingerprint density at radius 3 is 2.81 bits per heavy atom. The summed E-state index contributed by atoms with van der Waals surface area (Å²) < 4.78 is 6.72. The molecule has 27 heavy (non-hydrogen) atoms. The lowest BCUT2D eigenvalue weighted by molar-refractivity contribution is -0.124. The number of hydrogen-bond donors (Lipinski definition) is 1. The molecule has 2 aromatic rings. The summed E-state index contributed by atoms with van der Waals surface area (Å²) in [5, 5.41) is 3.63. The topological polar surface area (TPSA) is 73.2 Å². The van der Waals surface area contributed by atoms with Crippen LogP contribution in [-0.4, -0.2) is 35.7 Å². The van der Waals surface area contributed by atoms with Crippen LogP contribution in [-0.2, 0) is 16.1 Å². The third-order valence-corrected chi connectivity index (χ3v) is 5.53. The molecule has 1 N–H and O–H groups in total. The lowest BCUT2D eigenvalue weighted by atomic mass is 9.71. The van der Waals surface area contributed by atoms with Gasteiger partial charge in [-0.15, -0.1) is 0 Å². The molecule has 0 unspecified atom stereocenters. The van der Waals surface area contributed by atoms with Crippen molar-refractivity contribution in [1.29, 1.82) is 0 Å².